The van der Waals surface area contributed by atoms with Gasteiger partial charge in [-0.3, -0.25) is 19.2 Å². The summed E-state index contributed by atoms with van der Waals surface area (Å²) in [6.45, 7) is 9.88. The lowest BCUT2D eigenvalue weighted by atomic mass is 9.97. The molecule has 1 amide bonds. The highest BCUT2D eigenvalue weighted by Crippen LogP contribution is 2.35. The predicted molar refractivity (Wildman–Crippen MR) is 104 cm³/mol. The molecule has 0 N–H and O–H groups in total. The van der Waals surface area contributed by atoms with Crippen molar-refractivity contribution >= 4 is 23.8 Å². The van der Waals surface area contributed by atoms with E-state index in [4.69, 9.17) is 28.4 Å². The Morgan fingerprint density at radius 3 is 1.94 bits per heavy atom. The number of likely N-dealkylation sites (N-methyl/N-ethyl adjacent to an activating group) is 1. The molecule has 0 aromatic rings. The van der Waals surface area contributed by atoms with Gasteiger partial charge in [0.2, 0.25) is 0 Å². The van der Waals surface area contributed by atoms with E-state index in [-0.39, 0.29) is 12.5 Å². The number of carbonyl (C=O) groups excluding carboxylic acids is 4. The molecular formula is C20H31NO10. The zero-order valence-electron chi connectivity index (χ0n) is 18.7. The van der Waals surface area contributed by atoms with Gasteiger partial charge in [0.15, 0.2) is 30.7 Å². The van der Waals surface area contributed by atoms with Gasteiger partial charge in [-0.15, -0.1) is 0 Å². The van der Waals surface area contributed by atoms with Gasteiger partial charge in [0.05, 0.1) is 6.61 Å². The van der Waals surface area contributed by atoms with Gasteiger partial charge in [-0.2, -0.15) is 0 Å². The Bertz CT molecular complexity index is 679. The molecule has 0 aromatic carbocycles. The molecule has 0 unspecified atom stereocenters. The van der Waals surface area contributed by atoms with Crippen LogP contribution in [0.4, 0.5) is 0 Å². The van der Waals surface area contributed by atoms with Crippen LogP contribution in [-0.2, 0) is 47.6 Å². The van der Waals surface area contributed by atoms with Crippen molar-refractivity contribution in [3.63, 3.8) is 0 Å². The molecule has 0 spiro atoms. The summed E-state index contributed by atoms with van der Waals surface area (Å²) in [5, 5.41) is 0. The van der Waals surface area contributed by atoms with Crippen LogP contribution in [0.1, 0.15) is 41.5 Å². The van der Waals surface area contributed by atoms with Gasteiger partial charge in [-0.05, 0) is 20.8 Å². The summed E-state index contributed by atoms with van der Waals surface area (Å²) < 4.78 is 32.9. The second kappa shape index (κ2) is 10.9. The normalized spacial score (nSPS) is 29.3. The van der Waals surface area contributed by atoms with Gasteiger partial charge >= 0.3 is 17.9 Å². The number of nitrogens with zero attached hydrogens (tertiary/aromatic N) is 1. The number of epoxide rings is 1. The van der Waals surface area contributed by atoms with E-state index in [0.29, 0.717) is 13.1 Å². The quantitative estimate of drug-likeness (QED) is 0.275. The molecule has 0 aliphatic carbocycles. The first-order chi connectivity index (χ1) is 14.6. The lowest BCUT2D eigenvalue weighted by Crippen LogP contribution is -2.57. The van der Waals surface area contributed by atoms with Crippen molar-refractivity contribution < 1.29 is 47.6 Å². The van der Waals surface area contributed by atoms with Crippen molar-refractivity contribution in [2.75, 3.05) is 19.7 Å². The Hall–Kier alpha value is -2.24. The van der Waals surface area contributed by atoms with E-state index < -0.39 is 60.8 Å². The number of carbonyl (C=O) groups is 4. The lowest BCUT2D eigenvalue weighted by Gasteiger charge is -2.40. The third kappa shape index (κ3) is 6.62. The minimum atomic E-state index is -1.20. The largest absolute Gasteiger partial charge is 0.457 e. The summed E-state index contributed by atoms with van der Waals surface area (Å²) in [5.74, 6) is -2.17. The van der Waals surface area contributed by atoms with Crippen LogP contribution in [0.3, 0.4) is 0 Å². The number of ether oxygens (including phenoxy) is 6. The van der Waals surface area contributed by atoms with E-state index in [2.05, 4.69) is 0 Å². The van der Waals surface area contributed by atoms with Gasteiger partial charge in [0.1, 0.15) is 12.2 Å². The van der Waals surface area contributed by atoms with Gasteiger partial charge in [-0.1, -0.05) is 0 Å². The van der Waals surface area contributed by atoms with Crippen molar-refractivity contribution in [1.29, 1.82) is 0 Å². The molecule has 0 aromatic heterocycles. The summed E-state index contributed by atoms with van der Waals surface area (Å²) in [5.41, 5.74) is 0. The maximum absolute atomic E-state index is 12.7. The van der Waals surface area contributed by atoms with Crippen LogP contribution in [0.15, 0.2) is 0 Å². The summed E-state index contributed by atoms with van der Waals surface area (Å²) in [7, 11) is 0. The smallest absolute Gasteiger partial charge is 0.303 e. The van der Waals surface area contributed by atoms with E-state index in [9.17, 15) is 19.2 Å². The molecule has 2 rings (SSSR count). The molecule has 11 nitrogen and oxygen atoms in total. The zero-order valence-corrected chi connectivity index (χ0v) is 18.7. The average Bonchev–Trinajstić information content (AvgIpc) is 3.47. The van der Waals surface area contributed by atoms with Crippen molar-refractivity contribution in [2.24, 2.45) is 0 Å². The van der Waals surface area contributed by atoms with Crippen LogP contribution in [-0.4, -0.2) is 91.3 Å². The molecule has 2 saturated heterocycles. The van der Waals surface area contributed by atoms with E-state index in [1.807, 2.05) is 13.8 Å². The fourth-order valence-electron chi connectivity index (χ4n) is 3.59. The molecule has 0 bridgehead atoms. The monoisotopic (exact) mass is 445 g/mol. The topological polar surface area (TPSA) is 130 Å². The summed E-state index contributed by atoms with van der Waals surface area (Å²) in [6.07, 6.45) is -6.68. The SMILES string of the molecule is CCN(CC)C(=O)[C@@H]1O[C@H]1[C@H](OC(C)=O)[C@@H](OC(C)=O)[C@@H]1O[C@H](C)OC[C@H]1OC(C)=O. The van der Waals surface area contributed by atoms with Crippen molar-refractivity contribution in [3.8, 4) is 0 Å². The Morgan fingerprint density at radius 2 is 1.45 bits per heavy atom. The summed E-state index contributed by atoms with van der Waals surface area (Å²) >= 11 is 0. The fourth-order valence-corrected chi connectivity index (χ4v) is 3.59. The first kappa shape index (κ1) is 25.0. The predicted octanol–water partition coefficient (Wildman–Crippen LogP) is 0.179. The van der Waals surface area contributed by atoms with Crippen molar-refractivity contribution in [3.05, 3.63) is 0 Å². The highest BCUT2D eigenvalue weighted by molar-refractivity contribution is 5.84. The third-order valence-corrected chi connectivity index (χ3v) is 4.95. The minimum absolute atomic E-state index is 0.0106. The van der Waals surface area contributed by atoms with E-state index in [1.165, 1.54) is 20.8 Å². The summed E-state index contributed by atoms with van der Waals surface area (Å²) in [6, 6.07) is 0. The second-order valence-electron chi connectivity index (χ2n) is 7.33. The van der Waals surface area contributed by atoms with Crippen molar-refractivity contribution in [2.45, 2.75) is 84.5 Å². The zero-order chi connectivity index (χ0) is 23.3. The average molecular weight is 445 g/mol. The van der Waals surface area contributed by atoms with Crippen LogP contribution < -0.4 is 0 Å². The highest BCUT2D eigenvalue weighted by Gasteiger charge is 2.58. The van der Waals surface area contributed by atoms with Crippen LogP contribution >= 0.6 is 0 Å². The number of rotatable bonds is 9. The van der Waals surface area contributed by atoms with Gasteiger partial charge in [0.25, 0.3) is 5.91 Å². The van der Waals surface area contributed by atoms with Crippen LogP contribution in [0.5, 0.6) is 0 Å². The molecule has 2 aliphatic rings. The molecule has 7 atom stereocenters. The third-order valence-electron chi connectivity index (χ3n) is 4.95. The molecule has 2 heterocycles. The van der Waals surface area contributed by atoms with Gasteiger partial charge in [0, 0.05) is 33.9 Å². The van der Waals surface area contributed by atoms with Gasteiger partial charge in [-0.25, -0.2) is 0 Å². The van der Waals surface area contributed by atoms with E-state index in [1.54, 1.807) is 11.8 Å². The number of amides is 1. The van der Waals surface area contributed by atoms with Crippen LogP contribution in [0.25, 0.3) is 0 Å². The van der Waals surface area contributed by atoms with Crippen molar-refractivity contribution in [1.82, 2.24) is 4.90 Å². The highest BCUT2D eigenvalue weighted by atomic mass is 16.7. The number of hydrogen-bond donors (Lipinski definition) is 0. The Labute approximate surface area is 181 Å². The standard InChI is InChI=1S/C20H31NO10/c1-7-21(8-2)20(25)19-18(31-19)17(29-12(5)24)16(28-11(4)23)15-14(27-10(3)22)9-26-13(6)30-15/h13-19H,7-9H2,1-6H3/t13-,14-,15-,16+,17-,18+,19-/m1/s1. The minimum Gasteiger partial charge on any atom is -0.457 e. The van der Waals surface area contributed by atoms with E-state index >= 15 is 0 Å². The van der Waals surface area contributed by atoms with Crippen LogP contribution in [0, 0.1) is 0 Å². The Morgan fingerprint density at radius 1 is 0.903 bits per heavy atom. The maximum atomic E-state index is 12.7. The molecule has 0 radical (unpaired) electrons. The fraction of sp³-hybridized carbons (Fsp3) is 0.800. The molecule has 11 heteroatoms. The number of hydrogen-bond acceptors (Lipinski definition) is 10. The van der Waals surface area contributed by atoms with E-state index in [0.717, 1.165) is 0 Å². The maximum Gasteiger partial charge on any atom is 0.303 e. The second-order valence-corrected chi connectivity index (χ2v) is 7.33. The Balaban J connectivity index is 2.33. The molecule has 2 aliphatic heterocycles. The summed E-state index contributed by atoms with van der Waals surface area (Å²) in [4.78, 5) is 49.6. The molecule has 176 valence electrons. The Kier molecular flexibility index (Phi) is 8.78. The first-order valence-electron chi connectivity index (χ1n) is 10.3. The lowest BCUT2D eigenvalue weighted by molar-refractivity contribution is -0.279. The molecule has 0 saturated carbocycles. The molecule has 2 fully saturated rings. The molecular weight excluding hydrogens is 414 g/mol. The van der Waals surface area contributed by atoms with Gasteiger partial charge < -0.3 is 33.3 Å². The molecule has 31 heavy (non-hydrogen) atoms. The first-order valence-corrected chi connectivity index (χ1v) is 10.3. The number of esters is 3. The van der Waals surface area contributed by atoms with Crippen LogP contribution in [0.2, 0.25) is 0 Å².